The number of hydrogen-bond acceptors (Lipinski definition) is 6. The second-order valence-corrected chi connectivity index (χ2v) is 7.34. The molecule has 8 heteroatoms. The highest BCUT2D eigenvalue weighted by Gasteiger charge is 2.38. The number of thioether (sulfide) groups is 2. The van der Waals surface area contributed by atoms with E-state index in [1.807, 2.05) is 47.7 Å². The number of aliphatic carboxylic acids is 1. The predicted octanol–water partition coefficient (Wildman–Crippen LogP) is 2.78. The number of nitrogens with zero attached hydrogens (tertiary/aromatic N) is 2. The van der Waals surface area contributed by atoms with Crippen LogP contribution in [0.3, 0.4) is 0 Å². The molecule has 1 fully saturated rings. The third-order valence-electron chi connectivity index (χ3n) is 3.35. The Kier molecular flexibility index (Phi) is 4.47. The summed E-state index contributed by atoms with van der Waals surface area (Å²) in [6.45, 7) is -0.408. The zero-order valence-electron chi connectivity index (χ0n) is 12.1. The molecule has 1 amide bonds. The highest BCUT2D eigenvalue weighted by atomic mass is 32.2. The molecular weight excluding hydrogens is 352 g/mol. The van der Waals surface area contributed by atoms with Crippen molar-refractivity contribution in [2.45, 2.75) is 0 Å². The molecule has 0 aromatic heterocycles. The maximum absolute atomic E-state index is 12.5. The number of hydrogen-bond donors (Lipinski definition) is 1. The van der Waals surface area contributed by atoms with E-state index < -0.39 is 12.5 Å². The van der Waals surface area contributed by atoms with Crippen molar-refractivity contribution in [3.05, 3.63) is 51.2 Å². The normalized spacial score (nSPS) is 21.2. The lowest BCUT2D eigenvalue weighted by molar-refractivity contribution is -0.140. The van der Waals surface area contributed by atoms with E-state index in [2.05, 4.69) is 0 Å². The largest absolute Gasteiger partial charge is 0.480 e. The van der Waals surface area contributed by atoms with Gasteiger partial charge in [0.25, 0.3) is 5.91 Å². The Morgan fingerprint density at radius 1 is 1.30 bits per heavy atom. The minimum absolute atomic E-state index is 0.280. The molecule has 0 spiro atoms. The van der Waals surface area contributed by atoms with Crippen molar-refractivity contribution in [1.29, 1.82) is 0 Å². The van der Waals surface area contributed by atoms with E-state index in [1.165, 1.54) is 11.8 Å². The minimum atomic E-state index is -1.08. The number of amides is 1. The second-order valence-electron chi connectivity index (χ2n) is 4.83. The molecule has 5 nitrogen and oxygen atoms in total. The van der Waals surface area contributed by atoms with E-state index in [0.29, 0.717) is 4.91 Å². The fourth-order valence-corrected chi connectivity index (χ4v) is 4.74. The second kappa shape index (κ2) is 6.38. The molecule has 118 valence electrons. The molecule has 0 aliphatic carbocycles. The molecule has 2 heterocycles. The van der Waals surface area contributed by atoms with Crippen LogP contribution in [0.1, 0.15) is 5.56 Å². The summed E-state index contributed by atoms with van der Waals surface area (Å²) in [5.74, 6) is -1.43. The van der Waals surface area contributed by atoms with E-state index in [0.717, 1.165) is 33.0 Å². The first-order valence-corrected chi connectivity index (χ1v) is 8.75. The van der Waals surface area contributed by atoms with Crippen molar-refractivity contribution in [3.63, 3.8) is 0 Å². The first-order valence-electron chi connectivity index (χ1n) is 6.64. The Hall–Kier alpha value is -1.77. The fourth-order valence-electron chi connectivity index (χ4n) is 2.25. The first kappa shape index (κ1) is 16.1. The third-order valence-corrected chi connectivity index (χ3v) is 5.96. The van der Waals surface area contributed by atoms with Crippen LogP contribution in [-0.2, 0) is 9.59 Å². The molecule has 3 rings (SSSR count). The summed E-state index contributed by atoms with van der Waals surface area (Å²) in [6.07, 6.45) is 0. The molecule has 23 heavy (non-hydrogen) atoms. The number of thiocarbonyl (C=S) groups is 1. The highest BCUT2D eigenvalue weighted by molar-refractivity contribution is 8.27. The van der Waals surface area contributed by atoms with Crippen LogP contribution in [0.4, 0.5) is 0 Å². The molecule has 2 aliphatic heterocycles. The molecule has 1 N–H and O–H groups in total. The van der Waals surface area contributed by atoms with Crippen molar-refractivity contribution in [3.8, 4) is 0 Å². The number of carbonyl (C=O) groups is 2. The zero-order valence-corrected chi connectivity index (χ0v) is 14.5. The van der Waals surface area contributed by atoms with Gasteiger partial charge in [0.2, 0.25) is 0 Å². The molecule has 0 unspecified atom stereocenters. The van der Waals surface area contributed by atoms with Crippen LogP contribution in [0.15, 0.2) is 45.7 Å². The Bertz CT molecular complexity index is 758. The maximum Gasteiger partial charge on any atom is 0.323 e. The van der Waals surface area contributed by atoms with Crippen LogP contribution in [-0.4, -0.2) is 44.7 Å². The van der Waals surface area contributed by atoms with Crippen molar-refractivity contribution >= 4 is 57.6 Å². The summed E-state index contributed by atoms with van der Waals surface area (Å²) in [6, 6.07) is 9.87. The van der Waals surface area contributed by atoms with Crippen molar-refractivity contribution in [2.24, 2.45) is 0 Å². The van der Waals surface area contributed by atoms with Crippen molar-refractivity contribution in [2.75, 3.05) is 13.6 Å². The molecule has 2 aliphatic rings. The summed E-state index contributed by atoms with van der Waals surface area (Å²) in [5, 5.41) is 11.7. The molecule has 0 atom stereocenters. The van der Waals surface area contributed by atoms with Gasteiger partial charge in [-0.2, -0.15) is 0 Å². The van der Waals surface area contributed by atoms with E-state index in [1.54, 1.807) is 0 Å². The van der Waals surface area contributed by atoms with Gasteiger partial charge >= 0.3 is 5.97 Å². The van der Waals surface area contributed by atoms with Gasteiger partial charge in [-0.05, 0) is 5.56 Å². The lowest BCUT2D eigenvalue weighted by atomic mass is 10.1. The summed E-state index contributed by atoms with van der Waals surface area (Å²) in [5.41, 5.74) is 2.05. The van der Waals surface area contributed by atoms with Crippen LogP contribution in [0.25, 0.3) is 5.70 Å². The molecule has 1 aromatic rings. The van der Waals surface area contributed by atoms with E-state index in [4.69, 9.17) is 17.3 Å². The molecule has 0 saturated carbocycles. The fraction of sp³-hybridized carbons (Fsp3) is 0.133. The van der Waals surface area contributed by atoms with Crippen LogP contribution >= 0.6 is 35.7 Å². The lowest BCUT2D eigenvalue weighted by Crippen LogP contribution is -2.33. The van der Waals surface area contributed by atoms with E-state index in [-0.39, 0.29) is 10.2 Å². The van der Waals surface area contributed by atoms with Crippen LogP contribution < -0.4 is 0 Å². The van der Waals surface area contributed by atoms with Gasteiger partial charge in [0.05, 0.1) is 10.7 Å². The Morgan fingerprint density at radius 3 is 2.65 bits per heavy atom. The Labute approximate surface area is 147 Å². The third kappa shape index (κ3) is 3.01. The quantitative estimate of drug-likeness (QED) is 0.654. The minimum Gasteiger partial charge on any atom is -0.480 e. The lowest BCUT2D eigenvalue weighted by Gasteiger charge is -2.19. The zero-order chi connectivity index (χ0) is 16.6. The van der Waals surface area contributed by atoms with Crippen molar-refractivity contribution < 1.29 is 14.7 Å². The van der Waals surface area contributed by atoms with Gasteiger partial charge in [-0.1, -0.05) is 66.1 Å². The first-order chi connectivity index (χ1) is 11.0. The predicted molar refractivity (Wildman–Crippen MR) is 96.3 cm³/mol. The van der Waals surface area contributed by atoms with Crippen LogP contribution in [0, 0.1) is 0 Å². The van der Waals surface area contributed by atoms with Gasteiger partial charge in [-0.25, -0.2) is 0 Å². The van der Waals surface area contributed by atoms with E-state index >= 15 is 0 Å². The topological polar surface area (TPSA) is 60.9 Å². The average molecular weight is 364 g/mol. The number of carboxylic acids is 1. The summed E-state index contributed by atoms with van der Waals surface area (Å²) in [7, 11) is 1.89. The number of rotatable bonds is 3. The Morgan fingerprint density at radius 2 is 2.00 bits per heavy atom. The summed E-state index contributed by atoms with van der Waals surface area (Å²) < 4.78 is 0.280. The summed E-state index contributed by atoms with van der Waals surface area (Å²) >= 11 is 7.73. The summed E-state index contributed by atoms with van der Waals surface area (Å²) in [4.78, 5) is 26.9. The SMILES string of the molecule is CN1C(c2ccccc2)=CS/C1=C1/SC(=S)N(CC(=O)O)C1=O. The van der Waals surface area contributed by atoms with E-state index in [9.17, 15) is 9.59 Å². The molecule has 1 aromatic carbocycles. The number of benzene rings is 1. The van der Waals surface area contributed by atoms with Gasteiger partial charge < -0.3 is 10.0 Å². The van der Waals surface area contributed by atoms with Gasteiger partial charge in [-0.15, -0.1) is 0 Å². The smallest absolute Gasteiger partial charge is 0.323 e. The Balaban J connectivity index is 1.89. The molecule has 1 saturated heterocycles. The monoisotopic (exact) mass is 364 g/mol. The standard InChI is InChI=1S/C15H12N2O3S3/c1-16-10(9-5-3-2-4-6-9)8-22-14(16)12-13(20)17(7-11(18)19)15(21)23-12/h2-6,8H,7H2,1H3,(H,18,19)/b14-12+. The number of carbonyl (C=O) groups excluding carboxylic acids is 1. The molecule has 0 bridgehead atoms. The molecular formula is C15H12N2O3S3. The van der Waals surface area contributed by atoms with Gasteiger partial charge in [-0.3, -0.25) is 14.5 Å². The highest BCUT2D eigenvalue weighted by Crippen LogP contribution is 2.45. The average Bonchev–Trinajstić information content (AvgIpc) is 3.03. The van der Waals surface area contributed by atoms with Crippen LogP contribution in [0.2, 0.25) is 0 Å². The van der Waals surface area contributed by atoms with Gasteiger partial charge in [0, 0.05) is 12.5 Å². The van der Waals surface area contributed by atoms with Crippen molar-refractivity contribution in [1.82, 2.24) is 9.80 Å². The maximum atomic E-state index is 12.5. The van der Waals surface area contributed by atoms with Gasteiger partial charge in [0.15, 0.2) is 0 Å². The van der Waals surface area contributed by atoms with Crippen LogP contribution in [0.5, 0.6) is 0 Å². The number of carboxylic acid groups (broad SMARTS) is 1. The van der Waals surface area contributed by atoms with Gasteiger partial charge in [0.1, 0.15) is 15.8 Å². The molecule has 0 radical (unpaired) electrons.